The first-order valence-electron chi connectivity index (χ1n) is 9.91. The minimum Gasteiger partial charge on any atom is -0.357 e. The molecule has 0 atom stereocenters. The van der Waals surface area contributed by atoms with Crippen LogP contribution >= 0.6 is 11.6 Å². The maximum absolute atomic E-state index is 6.11. The van der Waals surface area contributed by atoms with E-state index in [9.17, 15) is 0 Å². The third-order valence-electron chi connectivity index (χ3n) is 4.76. The number of aliphatic imine (C=N–C) groups is 1. The van der Waals surface area contributed by atoms with E-state index in [1.54, 1.807) is 0 Å². The zero-order valence-electron chi connectivity index (χ0n) is 17.3. The average molecular weight is 413 g/mol. The van der Waals surface area contributed by atoms with E-state index in [0.717, 1.165) is 48.6 Å². The molecule has 0 radical (unpaired) electrons. The number of nitrogens with zero attached hydrogens (tertiary/aromatic N) is 5. The molecule has 0 bridgehead atoms. The minimum atomic E-state index is 0.673. The van der Waals surface area contributed by atoms with Gasteiger partial charge in [0, 0.05) is 64.4 Å². The first kappa shape index (κ1) is 21.0. The normalized spacial score (nSPS) is 11.7. The maximum atomic E-state index is 6.11. The number of aryl methyl sites for hydroxylation is 1. The minimum absolute atomic E-state index is 0.673. The Morgan fingerprint density at radius 3 is 2.76 bits per heavy atom. The van der Waals surface area contributed by atoms with Crippen molar-refractivity contribution in [2.45, 2.75) is 26.4 Å². The summed E-state index contributed by atoms with van der Waals surface area (Å²) in [4.78, 5) is 11.4. The van der Waals surface area contributed by atoms with Gasteiger partial charge in [-0.05, 0) is 18.6 Å². The van der Waals surface area contributed by atoms with Crippen molar-refractivity contribution in [1.29, 1.82) is 0 Å². The molecule has 2 aromatic heterocycles. The van der Waals surface area contributed by atoms with E-state index in [0.29, 0.717) is 6.54 Å². The Labute approximate surface area is 177 Å². The molecular weight excluding hydrogens is 384 g/mol. The Hall–Kier alpha value is -2.73. The van der Waals surface area contributed by atoms with E-state index >= 15 is 0 Å². The number of imidazole rings is 1. The Balaban J connectivity index is 1.62. The topological polar surface area (TPSA) is 50.4 Å². The highest BCUT2D eigenvalue weighted by Gasteiger charge is 2.10. The maximum Gasteiger partial charge on any atom is 0.194 e. The number of benzene rings is 1. The summed E-state index contributed by atoms with van der Waals surface area (Å²) in [7, 11) is 4.05. The van der Waals surface area contributed by atoms with Crippen molar-refractivity contribution in [3.05, 3.63) is 77.1 Å². The van der Waals surface area contributed by atoms with Crippen molar-refractivity contribution >= 4 is 17.6 Å². The molecule has 0 amide bonds. The number of halogens is 1. The Kier molecular flexibility index (Phi) is 7.36. The highest BCUT2D eigenvalue weighted by atomic mass is 35.5. The summed E-state index contributed by atoms with van der Waals surface area (Å²) in [5, 5.41) is 4.12. The number of aromatic nitrogens is 3. The van der Waals surface area contributed by atoms with Crippen molar-refractivity contribution in [2.75, 3.05) is 20.1 Å². The smallest absolute Gasteiger partial charge is 0.194 e. The quantitative estimate of drug-likeness (QED) is 0.454. The Morgan fingerprint density at radius 1 is 1.28 bits per heavy atom. The summed E-state index contributed by atoms with van der Waals surface area (Å²) in [6.45, 7) is 5.13. The molecule has 1 N–H and O–H groups in total. The summed E-state index contributed by atoms with van der Waals surface area (Å²) in [6.07, 6.45) is 6.60. The van der Waals surface area contributed by atoms with Gasteiger partial charge in [0.25, 0.3) is 0 Å². The van der Waals surface area contributed by atoms with Gasteiger partial charge in [0.1, 0.15) is 5.82 Å². The van der Waals surface area contributed by atoms with E-state index in [1.165, 1.54) is 5.56 Å². The summed E-state index contributed by atoms with van der Waals surface area (Å²) >= 11 is 6.11. The van der Waals surface area contributed by atoms with Crippen LogP contribution in [0.25, 0.3) is 0 Å². The van der Waals surface area contributed by atoms with Crippen LogP contribution in [0.15, 0.2) is 60.0 Å². The van der Waals surface area contributed by atoms with Crippen molar-refractivity contribution in [2.24, 2.45) is 12.0 Å². The second kappa shape index (κ2) is 10.2. The molecule has 0 saturated heterocycles. The molecule has 0 aliphatic carbocycles. The zero-order valence-corrected chi connectivity index (χ0v) is 18.1. The second-order valence-electron chi connectivity index (χ2n) is 7.06. The van der Waals surface area contributed by atoms with Gasteiger partial charge < -0.3 is 19.4 Å². The van der Waals surface area contributed by atoms with Gasteiger partial charge in [0.2, 0.25) is 0 Å². The van der Waals surface area contributed by atoms with Crippen molar-refractivity contribution in [3.8, 4) is 0 Å². The van der Waals surface area contributed by atoms with Crippen molar-refractivity contribution in [3.63, 3.8) is 0 Å². The van der Waals surface area contributed by atoms with Crippen molar-refractivity contribution in [1.82, 2.24) is 24.3 Å². The van der Waals surface area contributed by atoms with Gasteiger partial charge in [-0.2, -0.15) is 0 Å². The van der Waals surface area contributed by atoms with Gasteiger partial charge in [-0.1, -0.05) is 41.9 Å². The van der Waals surface area contributed by atoms with Gasteiger partial charge in [0.05, 0.1) is 11.6 Å². The monoisotopic (exact) mass is 412 g/mol. The molecule has 3 aromatic rings. The van der Waals surface area contributed by atoms with Crippen LogP contribution in [0.5, 0.6) is 0 Å². The summed E-state index contributed by atoms with van der Waals surface area (Å²) < 4.78 is 4.23. The average Bonchev–Trinajstić information content (AvgIpc) is 3.27. The molecule has 2 heterocycles. The number of nitrogens with one attached hydrogen (secondary N) is 1. The highest BCUT2D eigenvalue weighted by Crippen LogP contribution is 2.14. The summed E-state index contributed by atoms with van der Waals surface area (Å²) in [5.41, 5.74) is 2.41. The van der Waals surface area contributed by atoms with E-state index in [-0.39, 0.29) is 0 Å². The first-order valence-corrected chi connectivity index (χ1v) is 10.3. The zero-order chi connectivity index (χ0) is 20.6. The van der Waals surface area contributed by atoms with Gasteiger partial charge >= 0.3 is 0 Å². The van der Waals surface area contributed by atoms with Crippen LogP contribution in [0, 0.1) is 0 Å². The Bertz CT molecular complexity index is 928. The molecule has 6 nitrogen and oxygen atoms in total. The molecule has 0 saturated carbocycles. The fraction of sp³-hybridized carbons (Fsp3) is 0.364. The fourth-order valence-corrected chi connectivity index (χ4v) is 3.54. The van der Waals surface area contributed by atoms with Crippen LogP contribution in [0.3, 0.4) is 0 Å². The Morgan fingerprint density at radius 2 is 2.07 bits per heavy atom. The molecule has 7 heteroatoms. The van der Waals surface area contributed by atoms with Crippen LogP contribution in [-0.2, 0) is 26.6 Å². The summed E-state index contributed by atoms with van der Waals surface area (Å²) in [6, 6.07) is 12.4. The van der Waals surface area contributed by atoms with Gasteiger partial charge in [-0.15, -0.1) is 0 Å². The molecule has 0 fully saturated rings. The first-order chi connectivity index (χ1) is 14.1. The molecule has 0 aliphatic heterocycles. The molecule has 0 unspecified atom stereocenters. The molecule has 154 valence electrons. The van der Waals surface area contributed by atoms with E-state index in [4.69, 9.17) is 16.6 Å². The van der Waals surface area contributed by atoms with Crippen LogP contribution in [-0.4, -0.2) is 45.1 Å². The van der Waals surface area contributed by atoms with Crippen LogP contribution in [0.2, 0.25) is 5.02 Å². The predicted octanol–water partition coefficient (Wildman–Crippen LogP) is 3.56. The molecule has 0 aliphatic rings. The van der Waals surface area contributed by atoms with E-state index in [2.05, 4.69) is 51.0 Å². The fourth-order valence-electron chi connectivity index (χ4n) is 3.26. The molecule has 29 heavy (non-hydrogen) atoms. The SMILES string of the molecule is CCNC(=NCCc1nccn1Cc1ccccc1)N(C)Cc1cc(Cl)cn1C. The lowest BCUT2D eigenvalue weighted by molar-refractivity contribution is 0.462. The molecular formula is C22H29ClN6. The van der Waals surface area contributed by atoms with Gasteiger partial charge in [0.15, 0.2) is 5.96 Å². The van der Waals surface area contributed by atoms with Gasteiger partial charge in [-0.25, -0.2) is 4.98 Å². The number of hydrogen-bond donors (Lipinski definition) is 1. The molecule has 1 aromatic carbocycles. The number of hydrogen-bond acceptors (Lipinski definition) is 2. The summed E-state index contributed by atoms with van der Waals surface area (Å²) in [5.74, 6) is 1.93. The van der Waals surface area contributed by atoms with Crippen LogP contribution < -0.4 is 5.32 Å². The van der Waals surface area contributed by atoms with Crippen molar-refractivity contribution < 1.29 is 0 Å². The molecule has 0 spiro atoms. The largest absolute Gasteiger partial charge is 0.357 e. The van der Waals surface area contributed by atoms with E-state index in [1.807, 2.05) is 49.4 Å². The van der Waals surface area contributed by atoms with Gasteiger partial charge in [-0.3, -0.25) is 4.99 Å². The molecule has 3 rings (SSSR count). The van der Waals surface area contributed by atoms with E-state index < -0.39 is 0 Å². The third-order valence-corrected chi connectivity index (χ3v) is 4.97. The van der Waals surface area contributed by atoms with Crippen LogP contribution in [0.1, 0.15) is 24.0 Å². The lowest BCUT2D eigenvalue weighted by atomic mass is 10.2. The third kappa shape index (κ3) is 5.87. The number of guanidine groups is 1. The second-order valence-corrected chi connectivity index (χ2v) is 7.50. The van der Waals surface area contributed by atoms with Crippen LogP contribution in [0.4, 0.5) is 0 Å². The number of rotatable bonds is 8. The lowest BCUT2D eigenvalue weighted by Crippen LogP contribution is -2.39. The predicted molar refractivity (Wildman–Crippen MR) is 119 cm³/mol. The lowest BCUT2D eigenvalue weighted by Gasteiger charge is -2.22. The highest BCUT2D eigenvalue weighted by molar-refractivity contribution is 6.30. The standard InChI is InChI=1S/C22H29ClN6/c1-4-24-22(28(3)17-20-14-19(23)16-27(20)2)26-11-10-21-25-12-13-29(21)15-18-8-6-5-7-9-18/h5-9,12-14,16H,4,10-11,15,17H2,1-3H3,(H,24,26).